The normalized spacial score (nSPS) is 16.4. The SMILES string of the molecule is CCCN1CCOCC1.CCCN1CCOCC1.CCCN1CCOCC1.CCCn1ccnc1.CCCn1ccnc1.CCCn1ccnc1. The number of hydrogen-bond donors (Lipinski definition) is 0. The van der Waals surface area contributed by atoms with Gasteiger partial charge in [0.2, 0.25) is 0 Å². The van der Waals surface area contributed by atoms with Crippen LogP contribution in [-0.2, 0) is 33.8 Å². The molecule has 0 bridgehead atoms. The molecule has 6 rings (SSSR count). The number of nitrogens with zero attached hydrogens (tertiary/aromatic N) is 9. The quantitative estimate of drug-likeness (QED) is 0.222. The summed E-state index contributed by atoms with van der Waals surface area (Å²) in [6, 6.07) is 0. The lowest BCUT2D eigenvalue weighted by Crippen LogP contribution is -2.36. The second kappa shape index (κ2) is 34.5. The lowest BCUT2D eigenvalue weighted by molar-refractivity contribution is 0.0379. The van der Waals surface area contributed by atoms with Crippen molar-refractivity contribution < 1.29 is 14.2 Å². The second-order valence-electron chi connectivity index (χ2n) is 12.8. The fraction of sp³-hybridized carbons (Fsp3) is 0.769. The van der Waals surface area contributed by atoms with E-state index in [1.54, 1.807) is 18.6 Å². The maximum absolute atomic E-state index is 5.20. The molecule has 0 spiro atoms. The van der Waals surface area contributed by atoms with Crippen molar-refractivity contribution in [3.8, 4) is 0 Å². The van der Waals surface area contributed by atoms with Gasteiger partial charge >= 0.3 is 0 Å². The molecule has 3 saturated heterocycles. The van der Waals surface area contributed by atoms with Gasteiger partial charge in [-0.3, -0.25) is 14.7 Å². The van der Waals surface area contributed by atoms with Crippen molar-refractivity contribution in [1.29, 1.82) is 0 Å². The molecule has 3 fully saturated rings. The third-order valence-electron chi connectivity index (χ3n) is 8.05. The van der Waals surface area contributed by atoms with E-state index >= 15 is 0 Å². The molecule has 6 heterocycles. The molecule has 51 heavy (non-hydrogen) atoms. The number of imidazole rings is 3. The summed E-state index contributed by atoms with van der Waals surface area (Å²) in [5.41, 5.74) is 0. The molecule has 0 N–H and O–H groups in total. The van der Waals surface area contributed by atoms with Crippen molar-refractivity contribution in [3.63, 3.8) is 0 Å². The Balaban J connectivity index is 0.000000306. The van der Waals surface area contributed by atoms with Gasteiger partial charge < -0.3 is 27.9 Å². The molecular formula is C39H75N9O3. The van der Waals surface area contributed by atoms with Crippen molar-refractivity contribution in [3.05, 3.63) is 56.2 Å². The molecule has 0 radical (unpaired) electrons. The van der Waals surface area contributed by atoms with Gasteiger partial charge in [-0.05, 0) is 58.2 Å². The Bertz CT molecular complexity index is 892. The first-order valence-corrected chi connectivity index (χ1v) is 19.9. The smallest absolute Gasteiger partial charge is 0.0945 e. The van der Waals surface area contributed by atoms with E-state index in [1.165, 1.54) is 58.2 Å². The van der Waals surface area contributed by atoms with E-state index in [4.69, 9.17) is 14.2 Å². The number of morpholine rings is 3. The first-order chi connectivity index (χ1) is 25.1. The highest BCUT2D eigenvalue weighted by Crippen LogP contribution is 1.98. The Morgan fingerprint density at radius 3 is 0.784 bits per heavy atom. The molecule has 0 atom stereocenters. The van der Waals surface area contributed by atoms with Crippen molar-refractivity contribution in [1.82, 2.24) is 43.4 Å². The van der Waals surface area contributed by atoms with Crippen LogP contribution in [0.2, 0.25) is 0 Å². The molecule has 12 nitrogen and oxygen atoms in total. The second-order valence-corrected chi connectivity index (χ2v) is 12.8. The van der Waals surface area contributed by atoms with E-state index in [0.29, 0.717) is 0 Å². The maximum atomic E-state index is 5.20. The van der Waals surface area contributed by atoms with Crippen LogP contribution in [0.5, 0.6) is 0 Å². The number of aromatic nitrogens is 6. The van der Waals surface area contributed by atoms with Crippen LogP contribution >= 0.6 is 0 Å². The van der Waals surface area contributed by atoms with Gasteiger partial charge in [-0.1, -0.05) is 41.5 Å². The predicted molar refractivity (Wildman–Crippen MR) is 210 cm³/mol. The number of ether oxygens (including phenoxy) is 3. The van der Waals surface area contributed by atoms with Gasteiger partial charge in [0, 0.05) is 96.1 Å². The molecule has 3 aromatic heterocycles. The van der Waals surface area contributed by atoms with Crippen LogP contribution in [0.1, 0.15) is 80.1 Å². The Morgan fingerprint density at radius 2 is 0.608 bits per heavy atom. The van der Waals surface area contributed by atoms with Crippen LogP contribution < -0.4 is 0 Å². The summed E-state index contributed by atoms with van der Waals surface area (Å²) in [5, 5.41) is 0. The molecule has 0 aromatic carbocycles. The summed E-state index contributed by atoms with van der Waals surface area (Å²) < 4.78 is 21.8. The van der Waals surface area contributed by atoms with E-state index in [0.717, 1.165) is 98.5 Å². The minimum absolute atomic E-state index is 0.931. The fourth-order valence-electron chi connectivity index (χ4n) is 5.45. The lowest BCUT2D eigenvalue weighted by atomic mass is 10.4. The van der Waals surface area contributed by atoms with Crippen LogP contribution in [0.3, 0.4) is 0 Å². The van der Waals surface area contributed by atoms with Crippen molar-refractivity contribution in [2.24, 2.45) is 0 Å². The third kappa shape index (κ3) is 26.8. The van der Waals surface area contributed by atoms with Gasteiger partial charge in [0.05, 0.1) is 58.6 Å². The van der Waals surface area contributed by atoms with Gasteiger partial charge in [0.1, 0.15) is 0 Å². The monoisotopic (exact) mass is 718 g/mol. The molecule has 0 unspecified atom stereocenters. The summed E-state index contributed by atoms with van der Waals surface area (Å²) in [5.74, 6) is 0. The number of rotatable bonds is 12. The van der Waals surface area contributed by atoms with Crippen LogP contribution in [0.15, 0.2) is 56.2 Å². The zero-order valence-corrected chi connectivity index (χ0v) is 33.4. The Morgan fingerprint density at radius 1 is 0.373 bits per heavy atom. The minimum atomic E-state index is 0.931. The number of aryl methyl sites for hydroxylation is 3. The molecule has 0 amide bonds. The highest BCUT2D eigenvalue weighted by molar-refractivity contribution is 4.74. The Hall–Kier alpha value is -2.61. The summed E-state index contributed by atoms with van der Waals surface area (Å²) >= 11 is 0. The summed E-state index contributed by atoms with van der Waals surface area (Å²) in [6.07, 6.45) is 24.2. The lowest BCUT2D eigenvalue weighted by Gasteiger charge is -2.25. The summed E-state index contributed by atoms with van der Waals surface area (Å²) in [4.78, 5) is 19.1. The molecule has 0 saturated carbocycles. The Labute approximate surface area is 311 Å². The van der Waals surface area contributed by atoms with Crippen molar-refractivity contribution in [2.75, 3.05) is 98.5 Å². The fourth-order valence-corrected chi connectivity index (χ4v) is 5.45. The molecule has 0 aliphatic carbocycles. The zero-order valence-electron chi connectivity index (χ0n) is 33.4. The van der Waals surface area contributed by atoms with Gasteiger partial charge in [-0.2, -0.15) is 0 Å². The Kier molecular flexibility index (Phi) is 31.4. The van der Waals surface area contributed by atoms with E-state index < -0.39 is 0 Å². The van der Waals surface area contributed by atoms with Crippen molar-refractivity contribution in [2.45, 2.75) is 99.7 Å². The largest absolute Gasteiger partial charge is 0.379 e. The maximum Gasteiger partial charge on any atom is 0.0945 e. The van der Waals surface area contributed by atoms with Crippen molar-refractivity contribution >= 4 is 0 Å². The van der Waals surface area contributed by atoms with Crippen LogP contribution in [-0.4, -0.2) is 142 Å². The average molecular weight is 718 g/mol. The molecule has 3 aliphatic heterocycles. The summed E-state index contributed by atoms with van der Waals surface area (Å²) in [6.45, 7) is 32.5. The van der Waals surface area contributed by atoms with Crippen LogP contribution in [0, 0.1) is 0 Å². The minimum Gasteiger partial charge on any atom is -0.379 e. The molecule has 294 valence electrons. The summed E-state index contributed by atoms with van der Waals surface area (Å²) in [7, 11) is 0. The number of hydrogen-bond acceptors (Lipinski definition) is 9. The highest BCUT2D eigenvalue weighted by atomic mass is 16.5. The first kappa shape index (κ1) is 46.4. The predicted octanol–water partition coefficient (Wildman–Crippen LogP) is 6.07. The standard InChI is InChI=1S/3C7H15NO.3C6H10N2/c3*1-2-3-8-4-6-9-7-5-8;3*1-2-4-8-5-3-7-6-8/h3*2-7H2,1H3;3*3,5-6H,2,4H2,1H3. The van der Waals surface area contributed by atoms with Crippen LogP contribution in [0.25, 0.3) is 0 Å². The van der Waals surface area contributed by atoms with Crippen LogP contribution in [0.4, 0.5) is 0 Å². The third-order valence-corrected chi connectivity index (χ3v) is 8.05. The van der Waals surface area contributed by atoms with E-state index in [9.17, 15) is 0 Å². The molecular weight excluding hydrogens is 642 g/mol. The van der Waals surface area contributed by atoms with Gasteiger partial charge in [0.25, 0.3) is 0 Å². The van der Waals surface area contributed by atoms with E-state index in [2.05, 4.69) is 84.9 Å². The van der Waals surface area contributed by atoms with Gasteiger partial charge in [-0.25, -0.2) is 15.0 Å². The first-order valence-electron chi connectivity index (χ1n) is 19.9. The highest BCUT2D eigenvalue weighted by Gasteiger charge is 2.09. The zero-order chi connectivity index (χ0) is 37.0. The topological polar surface area (TPSA) is 90.9 Å². The van der Waals surface area contributed by atoms with E-state index in [-0.39, 0.29) is 0 Å². The molecule has 3 aliphatic rings. The van der Waals surface area contributed by atoms with Gasteiger partial charge in [-0.15, -0.1) is 0 Å². The van der Waals surface area contributed by atoms with E-state index in [1.807, 2.05) is 37.6 Å². The molecule has 12 heteroatoms. The molecule has 3 aromatic rings. The van der Waals surface area contributed by atoms with Gasteiger partial charge in [0.15, 0.2) is 0 Å². The average Bonchev–Trinajstić information content (AvgIpc) is 3.99.